The quantitative estimate of drug-likeness (QED) is 0.837. The number of carbonyl (C=O) groups is 1. The molecule has 0 atom stereocenters. The number of fused-ring (bicyclic) bond motifs is 2. The SMILES string of the molecule is CC(=O)Cc1c[nH]c2cc3c(cc12)OCO3. The number of carbonyl (C=O) groups excluding carboxylic acids is 1. The molecule has 4 nitrogen and oxygen atoms in total. The zero-order valence-electron chi connectivity index (χ0n) is 8.87. The first-order valence-electron chi connectivity index (χ1n) is 5.13. The molecule has 4 heteroatoms. The van der Waals surface area contributed by atoms with Gasteiger partial charge in [0.05, 0.1) is 0 Å². The van der Waals surface area contributed by atoms with Crippen molar-refractivity contribution >= 4 is 16.7 Å². The predicted molar refractivity (Wildman–Crippen MR) is 58.8 cm³/mol. The third-order valence-electron chi connectivity index (χ3n) is 2.70. The van der Waals surface area contributed by atoms with Crippen molar-refractivity contribution in [2.24, 2.45) is 0 Å². The van der Waals surface area contributed by atoms with Crippen LogP contribution in [0.1, 0.15) is 12.5 Å². The van der Waals surface area contributed by atoms with Crippen LogP contribution in [0.2, 0.25) is 0 Å². The smallest absolute Gasteiger partial charge is 0.231 e. The molecular formula is C12H11NO3. The first-order valence-corrected chi connectivity index (χ1v) is 5.13. The van der Waals surface area contributed by atoms with Gasteiger partial charge >= 0.3 is 0 Å². The number of benzene rings is 1. The average molecular weight is 217 g/mol. The molecule has 2 aromatic rings. The summed E-state index contributed by atoms with van der Waals surface area (Å²) < 4.78 is 10.6. The van der Waals surface area contributed by atoms with Crippen LogP contribution in [0, 0.1) is 0 Å². The number of aromatic nitrogens is 1. The van der Waals surface area contributed by atoms with Gasteiger partial charge in [-0.3, -0.25) is 4.79 Å². The molecule has 0 bridgehead atoms. The molecule has 0 amide bonds. The van der Waals surface area contributed by atoms with Gasteiger partial charge in [-0.2, -0.15) is 0 Å². The van der Waals surface area contributed by atoms with Crippen LogP contribution in [-0.2, 0) is 11.2 Å². The van der Waals surface area contributed by atoms with Crippen molar-refractivity contribution < 1.29 is 14.3 Å². The fourth-order valence-electron chi connectivity index (χ4n) is 1.98. The average Bonchev–Trinajstić information content (AvgIpc) is 2.81. The maximum Gasteiger partial charge on any atom is 0.231 e. The van der Waals surface area contributed by atoms with Crippen molar-refractivity contribution in [2.45, 2.75) is 13.3 Å². The molecule has 3 rings (SSSR count). The molecule has 1 aliphatic heterocycles. The fourth-order valence-corrected chi connectivity index (χ4v) is 1.98. The van der Waals surface area contributed by atoms with E-state index >= 15 is 0 Å². The maximum atomic E-state index is 11.1. The number of Topliss-reactive ketones (excluding diaryl/α,β-unsaturated/α-hetero) is 1. The van der Waals surface area contributed by atoms with E-state index in [4.69, 9.17) is 9.47 Å². The summed E-state index contributed by atoms with van der Waals surface area (Å²) in [7, 11) is 0. The van der Waals surface area contributed by atoms with Gasteiger partial charge in [0.25, 0.3) is 0 Å². The molecule has 0 aliphatic carbocycles. The Hall–Kier alpha value is -1.97. The van der Waals surface area contributed by atoms with Gasteiger partial charge in [-0.15, -0.1) is 0 Å². The highest BCUT2D eigenvalue weighted by atomic mass is 16.7. The second-order valence-corrected chi connectivity index (χ2v) is 3.94. The van der Waals surface area contributed by atoms with Gasteiger partial charge < -0.3 is 14.5 Å². The van der Waals surface area contributed by atoms with E-state index in [-0.39, 0.29) is 12.6 Å². The van der Waals surface area contributed by atoms with Crippen LogP contribution in [0.3, 0.4) is 0 Å². The van der Waals surface area contributed by atoms with E-state index in [1.165, 1.54) is 0 Å². The number of hydrogen-bond acceptors (Lipinski definition) is 3. The number of nitrogens with one attached hydrogen (secondary N) is 1. The van der Waals surface area contributed by atoms with E-state index in [9.17, 15) is 4.79 Å². The Morgan fingerprint density at radius 2 is 2.12 bits per heavy atom. The zero-order valence-corrected chi connectivity index (χ0v) is 8.87. The lowest BCUT2D eigenvalue weighted by atomic mass is 10.1. The number of rotatable bonds is 2. The third kappa shape index (κ3) is 1.34. The molecule has 2 heterocycles. The van der Waals surface area contributed by atoms with E-state index in [1.54, 1.807) is 6.92 Å². The summed E-state index contributed by atoms with van der Waals surface area (Å²) in [6, 6.07) is 3.83. The summed E-state index contributed by atoms with van der Waals surface area (Å²) in [6.07, 6.45) is 2.31. The normalized spacial score (nSPS) is 13.3. The molecular weight excluding hydrogens is 206 g/mol. The van der Waals surface area contributed by atoms with Crippen molar-refractivity contribution in [1.82, 2.24) is 4.98 Å². The van der Waals surface area contributed by atoms with Gasteiger partial charge in [0.15, 0.2) is 11.5 Å². The van der Waals surface area contributed by atoms with E-state index in [0.29, 0.717) is 6.42 Å². The summed E-state index contributed by atoms with van der Waals surface area (Å²) >= 11 is 0. The van der Waals surface area contributed by atoms with Crippen molar-refractivity contribution in [1.29, 1.82) is 0 Å². The maximum absolute atomic E-state index is 11.1. The summed E-state index contributed by atoms with van der Waals surface area (Å²) in [4.78, 5) is 14.3. The molecule has 0 fully saturated rings. The van der Waals surface area contributed by atoms with Gasteiger partial charge in [-0.25, -0.2) is 0 Å². The monoisotopic (exact) mass is 217 g/mol. The zero-order chi connectivity index (χ0) is 11.1. The predicted octanol–water partition coefficient (Wildman–Crippen LogP) is 2.03. The van der Waals surface area contributed by atoms with E-state index in [0.717, 1.165) is 28.0 Å². The largest absolute Gasteiger partial charge is 0.454 e. The summed E-state index contributed by atoms with van der Waals surface area (Å²) in [6.45, 7) is 1.86. The highest BCUT2D eigenvalue weighted by molar-refractivity contribution is 5.91. The van der Waals surface area contributed by atoms with Crippen LogP contribution in [0.4, 0.5) is 0 Å². The minimum Gasteiger partial charge on any atom is -0.454 e. The second kappa shape index (κ2) is 3.27. The van der Waals surface area contributed by atoms with Crippen molar-refractivity contribution in [3.63, 3.8) is 0 Å². The number of ketones is 1. The summed E-state index contributed by atoms with van der Waals surface area (Å²) in [5.41, 5.74) is 1.97. The summed E-state index contributed by atoms with van der Waals surface area (Å²) in [5, 5.41) is 1.03. The molecule has 1 aromatic heterocycles. The Morgan fingerprint density at radius 3 is 2.88 bits per heavy atom. The minimum atomic E-state index is 0.151. The highest BCUT2D eigenvalue weighted by Crippen LogP contribution is 2.36. The standard InChI is InChI=1S/C12H11NO3/c1-7(14)2-8-5-13-10-4-12-11(3-9(8)10)15-6-16-12/h3-5,13H,2,6H2,1H3. The Balaban J connectivity index is 2.15. The van der Waals surface area contributed by atoms with Crippen LogP contribution in [0.5, 0.6) is 11.5 Å². The lowest BCUT2D eigenvalue weighted by Crippen LogP contribution is -1.94. The van der Waals surface area contributed by atoms with Crippen molar-refractivity contribution in [3.8, 4) is 11.5 Å². The van der Waals surface area contributed by atoms with E-state index < -0.39 is 0 Å². The molecule has 1 aromatic carbocycles. The molecule has 1 aliphatic rings. The van der Waals surface area contributed by atoms with Crippen molar-refractivity contribution in [3.05, 3.63) is 23.9 Å². The molecule has 0 radical (unpaired) electrons. The molecule has 0 saturated carbocycles. The number of aromatic amines is 1. The fraction of sp³-hybridized carbons (Fsp3) is 0.250. The Morgan fingerprint density at radius 1 is 1.38 bits per heavy atom. The van der Waals surface area contributed by atoms with Gasteiger partial charge in [-0.05, 0) is 18.6 Å². The van der Waals surface area contributed by atoms with Gasteiger partial charge in [0.1, 0.15) is 5.78 Å². The Kier molecular flexibility index (Phi) is 1.89. The molecule has 0 spiro atoms. The van der Waals surface area contributed by atoms with Crippen LogP contribution >= 0.6 is 0 Å². The number of H-pyrrole nitrogens is 1. The first kappa shape index (κ1) is 9.27. The molecule has 0 saturated heterocycles. The molecule has 0 unspecified atom stereocenters. The topological polar surface area (TPSA) is 51.3 Å². The van der Waals surface area contributed by atoms with Crippen LogP contribution in [-0.4, -0.2) is 17.6 Å². The molecule has 1 N–H and O–H groups in total. The highest BCUT2D eigenvalue weighted by Gasteiger charge is 2.16. The van der Waals surface area contributed by atoms with Gasteiger partial charge in [0, 0.05) is 29.6 Å². The number of ether oxygens (including phenoxy) is 2. The molecule has 16 heavy (non-hydrogen) atoms. The lowest BCUT2D eigenvalue weighted by Gasteiger charge is -1.98. The van der Waals surface area contributed by atoms with E-state index in [2.05, 4.69) is 4.98 Å². The number of hydrogen-bond donors (Lipinski definition) is 1. The van der Waals surface area contributed by atoms with Gasteiger partial charge in [0.2, 0.25) is 6.79 Å². The van der Waals surface area contributed by atoms with Crippen LogP contribution < -0.4 is 9.47 Å². The molecule has 82 valence electrons. The van der Waals surface area contributed by atoms with Crippen molar-refractivity contribution in [2.75, 3.05) is 6.79 Å². The Bertz CT molecular complexity index is 571. The Labute approximate surface area is 92.2 Å². The van der Waals surface area contributed by atoms with E-state index in [1.807, 2.05) is 18.3 Å². The second-order valence-electron chi connectivity index (χ2n) is 3.94. The first-order chi connectivity index (χ1) is 7.74. The minimum absolute atomic E-state index is 0.151. The van der Waals surface area contributed by atoms with Gasteiger partial charge in [-0.1, -0.05) is 0 Å². The summed E-state index contributed by atoms with van der Waals surface area (Å²) in [5.74, 6) is 1.65. The van der Waals surface area contributed by atoms with Crippen LogP contribution in [0.25, 0.3) is 10.9 Å². The third-order valence-corrected chi connectivity index (χ3v) is 2.70. The lowest BCUT2D eigenvalue weighted by molar-refractivity contribution is -0.116. The van der Waals surface area contributed by atoms with Crippen LogP contribution in [0.15, 0.2) is 18.3 Å².